The van der Waals surface area contributed by atoms with Crippen molar-refractivity contribution in [3.8, 4) is 0 Å². The van der Waals surface area contributed by atoms with E-state index in [1.165, 1.54) is 0 Å². The molecule has 3 nitrogen and oxygen atoms in total. The van der Waals surface area contributed by atoms with Crippen molar-refractivity contribution in [1.82, 2.24) is 0 Å². The van der Waals surface area contributed by atoms with Gasteiger partial charge in [0.25, 0.3) is 5.91 Å². The van der Waals surface area contributed by atoms with Crippen LogP contribution >= 0.6 is 22.6 Å². The molecule has 1 aliphatic rings. The van der Waals surface area contributed by atoms with E-state index >= 15 is 0 Å². The Labute approximate surface area is 131 Å². The highest BCUT2D eigenvalue weighted by Crippen LogP contribution is 2.30. The molecule has 0 bridgehead atoms. The number of nitrogens with zero attached hydrogens (tertiary/aromatic N) is 1. The molecule has 1 aliphatic heterocycles. The third-order valence-electron chi connectivity index (χ3n) is 3.54. The summed E-state index contributed by atoms with van der Waals surface area (Å²) in [5.41, 5.74) is 9.48. The molecule has 2 N–H and O–H groups in total. The van der Waals surface area contributed by atoms with Crippen LogP contribution in [0.5, 0.6) is 0 Å². The summed E-state index contributed by atoms with van der Waals surface area (Å²) in [4.78, 5) is 14.6. The van der Waals surface area contributed by atoms with Gasteiger partial charge in [-0.1, -0.05) is 6.07 Å². The van der Waals surface area contributed by atoms with Gasteiger partial charge in [-0.25, -0.2) is 0 Å². The molecule has 0 atom stereocenters. The largest absolute Gasteiger partial charge is 0.399 e. The summed E-state index contributed by atoms with van der Waals surface area (Å²) < 4.78 is 1.07. The maximum atomic E-state index is 12.7. The van der Waals surface area contributed by atoms with Crippen molar-refractivity contribution >= 4 is 39.9 Å². The molecule has 1 amide bonds. The number of carbonyl (C=O) groups excluding carboxylic acids is 1. The van der Waals surface area contributed by atoms with Gasteiger partial charge in [-0.15, -0.1) is 0 Å². The van der Waals surface area contributed by atoms with Gasteiger partial charge in [0.2, 0.25) is 0 Å². The van der Waals surface area contributed by atoms with Crippen LogP contribution in [-0.4, -0.2) is 12.5 Å². The Hall–Kier alpha value is -1.56. The van der Waals surface area contributed by atoms with Crippen LogP contribution in [0.15, 0.2) is 42.5 Å². The second kappa shape index (κ2) is 5.44. The van der Waals surface area contributed by atoms with E-state index in [1.807, 2.05) is 47.4 Å². The predicted molar refractivity (Wildman–Crippen MR) is 90.0 cm³/mol. The minimum atomic E-state index is 0.0641. The quantitative estimate of drug-likeness (QED) is 0.610. The maximum Gasteiger partial charge on any atom is 0.258 e. The van der Waals surface area contributed by atoms with Gasteiger partial charge in [0.05, 0.1) is 0 Å². The van der Waals surface area contributed by atoms with Gasteiger partial charge in [0.15, 0.2) is 0 Å². The zero-order chi connectivity index (χ0) is 14.1. The lowest BCUT2D eigenvalue weighted by Crippen LogP contribution is -2.35. The number of nitrogens with two attached hydrogens (primary N) is 1. The Bertz CT molecular complexity index is 669. The number of halogens is 1. The van der Waals surface area contributed by atoms with E-state index in [2.05, 4.69) is 22.6 Å². The highest BCUT2D eigenvalue weighted by Gasteiger charge is 2.23. The molecule has 3 rings (SSSR count). The molecule has 0 unspecified atom stereocenters. The number of nitrogen functional groups attached to an aromatic ring is 1. The van der Waals surface area contributed by atoms with Crippen LogP contribution in [0.2, 0.25) is 0 Å². The molecule has 1 heterocycles. The summed E-state index contributed by atoms with van der Waals surface area (Å²) in [6, 6.07) is 13.5. The topological polar surface area (TPSA) is 46.3 Å². The number of hydrogen-bond acceptors (Lipinski definition) is 2. The lowest BCUT2D eigenvalue weighted by atomic mass is 10.00. The minimum absolute atomic E-state index is 0.0641. The normalized spacial score (nSPS) is 13.9. The number of carbonyl (C=O) groups is 1. The first-order valence-electron chi connectivity index (χ1n) is 6.61. The molecule has 0 aliphatic carbocycles. The van der Waals surface area contributed by atoms with Crippen LogP contribution in [0.4, 0.5) is 11.4 Å². The summed E-state index contributed by atoms with van der Waals surface area (Å²) in [7, 11) is 0. The minimum Gasteiger partial charge on any atom is -0.399 e. The van der Waals surface area contributed by atoms with Gasteiger partial charge >= 0.3 is 0 Å². The molecule has 0 spiro atoms. The summed E-state index contributed by atoms with van der Waals surface area (Å²) in [6.45, 7) is 0.765. The molecule has 20 heavy (non-hydrogen) atoms. The molecular formula is C16H15IN2O. The van der Waals surface area contributed by atoms with Crippen LogP contribution in [0.25, 0.3) is 0 Å². The molecule has 102 valence electrons. The number of fused-ring (bicyclic) bond motifs is 1. The van der Waals surface area contributed by atoms with Crippen molar-refractivity contribution in [2.75, 3.05) is 17.2 Å². The van der Waals surface area contributed by atoms with Crippen molar-refractivity contribution in [2.45, 2.75) is 12.8 Å². The van der Waals surface area contributed by atoms with Gasteiger partial charge in [-0.2, -0.15) is 0 Å². The second-order valence-electron chi connectivity index (χ2n) is 4.96. The zero-order valence-electron chi connectivity index (χ0n) is 11.0. The van der Waals surface area contributed by atoms with Gasteiger partial charge in [-0.3, -0.25) is 4.79 Å². The predicted octanol–water partition coefficient (Wildman–Crippen LogP) is 3.47. The van der Waals surface area contributed by atoms with Crippen LogP contribution in [0, 0.1) is 3.57 Å². The lowest BCUT2D eigenvalue weighted by Gasteiger charge is -2.29. The Kier molecular flexibility index (Phi) is 3.65. The Morgan fingerprint density at radius 1 is 1.20 bits per heavy atom. The molecule has 0 saturated heterocycles. The highest BCUT2D eigenvalue weighted by molar-refractivity contribution is 14.1. The average Bonchev–Trinajstić information content (AvgIpc) is 2.45. The molecule has 2 aromatic rings. The highest BCUT2D eigenvalue weighted by atomic mass is 127. The van der Waals surface area contributed by atoms with Crippen LogP contribution in [0.1, 0.15) is 22.3 Å². The zero-order valence-corrected chi connectivity index (χ0v) is 13.1. The fourth-order valence-electron chi connectivity index (χ4n) is 2.61. The Balaban J connectivity index is 1.98. The third kappa shape index (κ3) is 2.52. The van der Waals surface area contributed by atoms with Gasteiger partial charge < -0.3 is 10.6 Å². The molecule has 0 radical (unpaired) electrons. The molecule has 0 fully saturated rings. The number of hydrogen-bond donors (Lipinski definition) is 1. The van der Waals surface area contributed by atoms with E-state index in [4.69, 9.17) is 5.73 Å². The molecular weight excluding hydrogens is 363 g/mol. The summed E-state index contributed by atoms with van der Waals surface area (Å²) in [6.07, 6.45) is 1.96. The monoisotopic (exact) mass is 378 g/mol. The first-order valence-corrected chi connectivity index (χ1v) is 7.69. The molecule has 0 aromatic heterocycles. The number of rotatable bonds is 1. The van der Waals surface area contributed by atoms with Crippen LogP contribution < -0.4 is 10.6 Å². The third-order valence-corrected chi connectivity index (χ3v) is 4.21. The van der Waals surface area contributed by atoms with E-state index in [1.54, 1.807) is 0 Å². The standard InChI is InChI=1S/C16H15IN2O/c17-13-5-1-3-12(9-13)16(20)19-8-2-4-11-10-14(18)6-7-15(11)19/h1,3,5-7,9-10H,2,4,8,18H2. The Morgan fingerprint density at radius 3 is 2.85 bits per heavy atom. The van der Waals surface area contributed by atoms with Crippen molar-refractivity contribution < 1.29 is 4.79 Å². The van der Waals surface area contributed by atoms with Crippen molar-refractivity contribution in [3.63, 3.8) is 0 Å². The van der Waals surface area contributed by atoms with Crippen molar-refractivity contribution in [3.05, 3.63) is 57.2 Å². The molecule has 4 heteroatoms. The second-order valence-corrected chi connectivity index (χ2v) is 6.20. The summed E-state index contributed by atoms with van der Waals surface area (Å²) in [5, 5.41) is 0. The Morgan fingerprint density at radius 2 is 2.05 bits per heavy atom. The van der Waals surface area contributed by atoms with Gasteiger partial charge in [-0.05, 0) is 77.4 Å². The average molecular weight is 378 g/mol. The summed E-state index contributed by atoms with van der Waals surface area (Å²) >= 11 is 2.23. The SMILES string of the molecule is Nc1ccc2c(c1)CCCN2C(=O)c1cccc(I)c1. The smallest absolute Gasteiger partial charge is 0.258 e. The van der Waals surface area contributed by atoms with Crippen molar-refractivity contribution in [1.29, 1.82) is 0 Å². The maximum absolute atomic E-state index is 12.7. The number of aryl methyl sites for hydroxylation is 1. The number of amides is 1. The van der Waals surface area contributed by atoms with Gasteiger partial charge in [0.1, 0.15) is 0 Å². The van der Waals surface area contributed by atoms with Gasteiger partial charge in [0, 0.05) is 27.1 Å². The van der Waals surface area contributed by atoms with Crippen LogP contribution in [-0.2, 0) is 6.42 Å². The number of anilines is 2. The van der Waals surface area contributed by atoms with E-state index in [9.17, 15) is 4.79 Å². The first kappa shape index (κ1) is 13.4. The molecule has 0 saturated carbocycles. The molecule has 2 aromatic carbocycles. The fourth-order valence-corrected chi connectivity index (χ4v) is 3.15. The van der Waals surface area contributed by atoms with E-state index in [0.29, 0.717) is 0 Å². The lowest BCUT2D eigenvalue weighted by molar-refractivity contribution is 0.0985. The summed E-state index contributed by atoms with van der Waals surface area (Å²) in [5.74, 6) is 0.0641. The van der Waals surface area contributed by atoms with E-state index < -0.39 is 0 Å². The van der Waals surface area contributed by atoms with E-state index in [0.717, 1.165) is 45.5 Å². The van der Waals surface area contributed by atoms with Crippen LogP contribution in [0.3, 0.4) is 0 Å². The van der Waals surface area contributed by atoms with E-state index in [-0.39, 0.29) is 5.91 Å². The van der Waals surface area contributed by atoms with Crippen molar-refractivity contribution in [2.24, 2.45) is 0 Å². The number of benzene rings is 2. The fraction of sp³-hybridized carbons (Fsp3) is 0.188. The first-order chi connectivity index (χ1) is 9.65.